The molecule has 0 aliphatic rings. The van der Waals surface area contributed by atoms with Crippen molar-refractivity contribution in [3.05, 3.63) is 89.5 Å². The third-order valence-corrected chi connectivity index (χ3v) is 5.17. The summed E-state index contributed by atoms with van der Waals surface area (Å²) in [5.74, 6) is 1.60. The van der Waals surface area contributed by atoms with Crippen molar-refractivity contribution in [2.75, 3.05) is 10.7 Å². The largest absolute Gasteiger partial charge is 0.306 e. The first-order valence-corrected chi connectivity index (χ1v) is 10.2. The third kappa shape index (κ3) is 6.08. The molecule has 0 saturated heterocycles. The highest BCUT2D eigenvalue weighted by atomic mass is 35.5. The Morgan fingerprint density at radius 2 is 1.59 bits per heavy atom. The molecule has 4 nitrogen and oxygen atoms in total. The maximum atomic E-state index is 12.9. The number of pyridine rings is 2. The van der Waals surface area contributed by atoms with Crippen molar-refractivity contribution >= 4 is 35.0 Å². The zero-order valence-electron chi connectivity index (χ0n) is 14.8. The highest BCUT2D eigenvalue weighted by Crippen LogP contribution is 2.21. The van der Waals surface area contributed by atoms with E-state index in [1.165, 1.54) is 0 Å². The van der Waals surface area contributed by atoms with Crippen LogP contribution in [0, 0.1) is 0 Å². The van der Waals surface area contributed by atoms with Gasteiger partial charge in [-0.1, -0.05) is 23.7 Å². The van der Waals surface area contributed by atoms with Crippen molar-refractivity contribution in [2.45, 2.75) is 18.7 Å². The summed E-state index contributed by atoms with van der Waals surface area (Å²) in [7, 11) is 0. The van der Waals surface area contributed by atoms with Crippen molar-refractivity contribution in [1.82, 2.24) is 9.97 Å². The Hall–Kier alpha value is -2.37. The van der Waals surface area contributed by atoms with Crippen molar-refractivity contribution in [3.63, 3.8) is 0 Å². The Labute approximate surface area is 168 Å². The van der Waals surface area contributed by atoms with Crippen LogP contribution >= 0.6 is 23.4 Å². The molecule has 138 valence electrons. The van der Waals surface area contributed by atoms with E-state index in [1.54, 1.807) is 41.2 Å². The Morgan fingerprint density at radius 1 is 0.926 bits per heavy atom. The lowest BCUT2D eigenvalue weighted by Gasteiger charge is -2.22. The number of carbonyl (C=O) groups excluding carboxylic acids is 1. The van der Waals surface area contributed by atoms with E-state index in [2.05, 4.69) is 9.97 Å². The lowest BCUT2D eigenvalue weighted by atomic mass is 10.2. The van der Waals surface area contributed by atoms with Gasteiger partial charge < -0.3 is 4.90 Å². The Morgan fingerprint density at radius 3 is 2.22 bits per heavy atom. The number of hydrogen-bond donors (Lipinski definition) is 0. The van der Waals surface area contributed by atoms with Gasteiger partial charge in [0.2, 0.25) is 5.91 Å². The van der Waals surface area contributed by atoms with Crippen LogP contribution < -0.4 is 4.90 Å². The van der Waals surface area contributed by atoms with Crippen LogP contribution in [-0.2, 0) is 17.1 Å². The van der Waals surface area contributed by atoms with Crippen LogP contribution in [0.2, 0.25) is 5.02 Å². The monoisotopic (exact) mass is 397 g/mol. The Bertz CT molecular complexity index is 844. The Kier molecular flexibility index (Phi) is 7.25. The number of benzene rings is 1. The standard InChI is InChI=1S/C21H20ClN3OS/c22-17-7-9-20(10-8-17)25(15-18-5-1-3-12-23-18)21(26)11-14-27-16-19-6-2-4-13-24-19/h1-10,12-13H,11,14-16H2. The zero-order valence-corrected chi connectivity index (χ0v) is 16.4. The molecule has 0 aliphatic carbocycles. The zero-order chi connectivity index (χ0) is 18.9. The van der Waals surface area contributed by atoms with Crippen LogP contribution in [0.25, 0.3) is 0 Å². The summed E-state index contributed by atoms with van der Waals surface area (Å²) in [4.78, 5) is 23.3. The summed E-state index contributed by atoms with van der Waals surface area (Å²) in [6, 6.07) is 18.9. The average molecular weight is 398 g/mol. The summed E-state index contributed by atoms with van der Waals surface area (Å²) in [5.41, 5.74) is 2.70. The minimum atomic E-state index is 0.0662. The molecule has 3 aromatic rings. The van der Waals surface area contributed by atoms with Gasteiger partial charge in [0.05, 0.1) is 17.9 Å². The van der Waals surface area contributed by atoms with E-state index in [4.69, 9.17) is 11.6 Å². The van der Waals surface area contributed by atoms with Gasteiger partial charge >= 0.3 is 0 Å². The minimum Gasteiger partial charge on any atom is -0.306 e. The lowest BCUT2D eigenvalue weighted by Crippen LogP contribution is -2.31. The molecule has 0 N–H and O–H groups in total. The second kappa shape index (κ2) is 10.1. The molecule has 1 aromatic carbocycles. The fourth-order valence-corrected chi connectivity index (χ4v) is 3.52. The van der Waals surface area contributed by atoms with Crippen LogP contribution in [0.15, 0.2) is 73.1 Å². The molecular formula is C21H20ClN3OS. The summed E-state index contributed by atoms with van der Waals surface area (Å²) in [6.45, 7) is 0.437. The molecule has 3 rings (SSSR count). The lowest BCUT2D eigenvalue weighted by molar-refractivity contribution is -0.118. The van der Waals surface area contributed by atoms with Crippen molar-refractivity contribution < 1.29 is 4.79 Å². The third-order valence-electron chi connectivity index (χ3n) is 3.92. The first-order valence-electron chi connectivity index (χ1n) is 8.66. The van der Waals surface area contributed by atoms with E-state index < -0.39 is 0 Å². The molecule has 0 fully saturated rings. The van der Waals surface area contributed by atoms with Crippen LogP contribution in [0.5, 0.6) is 0 Å². The van der Waals surface area contributed by atoms with Gasteiger partial charge in [0, 0.05) is 41.0 Å². The van der Waals surface area contributed by atoms with Gasteiger partial charge in [0.1, 0.15) is 0 Å². The molecule has 27 heavy (non-hydrogen) atoms. The van der Waals surface area contributed by atoms with E-state index >= 15 is 0 Å². The second-order valence-electron chi connectivity index (χ2n) is 5.90. The first kappa shape index (κ1) is 19.4. The molecule has 2 heterocycles. The van der Waals surface area contributed by atoms with E-state index in [1.807, 2.05) is 48.5 Å². The first-order chi connectivity index (χ1) is 13.2. The number of nitrogens with zero attached hydrogens (tertiary/aromatic N) is 3. The van der Waals surface area contributed by atoms with Gasteiger partial charge in [-0.25, -0.2) is 0 Å². The maximum absolute atomic E-state index is 12.9. The summed E-state index contributed by atoms with van der Waals surface area (Å²) < 4.78 is 0. The van der Waals surface area contributed by atoms with Crippen LogP contribution in [0.1, 0.15) is 17.8 Å². The van der Waals surface area contributed by atoms with Gasteiger partial charge in [-0.05, 0) is 48.5 Å². The van der Waals surface area contributed by atoms with Gasteiger partial charge in [-0.3, -0.25) is 14.8 Å². The van der Waals surface area contributed by atoms with Gasteiger partial charge in [0.15, 0.2) is 0 Å². The molecule has 0 radical (unpaired) electrons. The van der Waals surface area contributed by atoms with Gasteiger partial charge in [-0.2, -0.15) is 11.8 Å². The van der Waals surface area contributed by atoms with E-state index in [-0.39, 0.29) is 5.91 Å². The van der Waals surface area contributed by atoms with E-state index in [9.17, 15) is 4.79 Å². The van der Waals surface area contributed by atoms with Crippen molar-refractivity contribution in [1.29, 1.82) is 0 Å². The van der Waals surface area contributed by atoms with Gasteiger partial charge in [-0.15, -0.1) is 0 Å². The smallest absolute Gasteiger partial charge is 0.228 e. The van der Waals surface area contributed by atoms with Crippen LogP contribution in [-0.4, -0.2) is 21.6 Å². The topological polar surface area (TPSA) is 46.1 Å². The van der Waals surface area contributed by atoms with Crippen molar-refractivity contribution in [2.24, 2.45) is 0 Å². The number of thioether (sulfide) groups is 1. The number of carbonyl (C=O) groups is 1. The van der Waals surface area contributed by atoms with Crippen LogP contribution in [0.4, 0.5) is 5.69 Å². The molecule has 0 aliphatic heterocycles. The van der Waals surface area contributed by atoms with Crippen LogP contribution in [0.3, 0.4) is 0 Å². The molecule has 0 saturated carbocycles. The SMILES string of the molecule is O=C(CCSCc1ccccn1)N(Cc1ccccn1)c1ccc(Cl)cc1. The summed E-state index contributed by atoms with van der Waals surface area (Å²) in [6.07, 6.45) is 3.98. The maximum Gasteiger partial charge on any atom is 0.228 e. The number of hydrogen-bond acceptors (Lipinski definition) is 4. The number of rotatable bonds is 8. The fraction of sp³-hybridized carbons (Fsp3) is 0.190. The normalized spacial score (nSPS) is 10.6. The number of amides is 1. The van der Waals surface area contributed by atoms with Gasteiger partial charge in [0.25, 0.3) is 0 Å². The molecule has 0 bridgehead atoms. The predicted molar refractivity (Wildman–Crippen MR) is 112 cm³/mol. The average Bonchev–Trinajstić information content (AvgIpc) is 2.72. The highest BCUT2D eigenvalue weighted by molar-refractivity contribution is 7.98. The molecule has 0 unspecified atom stereocenters. The predicted octanol–water partition coefficient (Wildman–Crippen LogP) is 4.99. The van der Waals surface area contributed by atoms with Crippen molar-refractivity contribution in [3.8, 4) is 0 Å². The second-order valence-corrected chi connectivity index (χ2v) is 7.44. The summed E-state index contributed by atoms with van der Waals surface area (Å²) >= 11 is 7.70. The number of halogens is 1. The molecule has 0 spiro atoms. The minimum absolute atomic E-state index is 0.0662. The number of aromatic nitrogens is 2. The van der Waals surface area contributed by atoms with E-state index in [0.29, 0.717) is 18.0 Å². The Balaban J connectivity index is 1.62. The summed E-state index contributed by atoms with van der Waals surface area (Å²) in [5, 5.41) is 0.648. The molecular weight excluding hydrogens is 378 g/mol. The molecule has 1 amide bonds. The fourth-order valence-electron chi connectivity index (χ4n) is 2.55. The highest BCUT2D eigenvalue weighted by Gasteiger charge is 2.16. The molecule has 6 heteroatoms. The molecule has 2 aromatic heterocycles. The van der Waals surface area contributed by atoms with E-state index in [0.717, 1.165) is 28.6 Å². The quantitative estimate of drug-likeness (QED) is 0.502. The molecule has 0 atom stereocenters. The number of anilines is 1.